The summed E-state index contributed by atoms with van der Waals surface area (Å²) >= 11 is 9.40. The van der Waals surface area contributed by atoms with E-state index < -0.39 is 0 Å². The normalized spacial score (nSPS) is 10.5. The third-order valence-electron chi connectivity index (χ3n) is 2.47. The molecular formula is C12H10BrClN2O. The largest absolute Gasteiger partial charge is 0.331 e. The Morgan fingerprint density at radius 2 is 2.29 bits per heavy atom. The number of rotatable bonds is 3. The molecule has 0 fully saturated rings. The average Bonchev–Trinajstić information content (AvgIpc) is 2.68. The number of halogens is 2. The van der Waals surface area contributed by atoms with Gasteiger partial charge in [-0.05, 0) is 17.7 Å². The minimum atomic E-state index is 0.00854. The van der Waals surface area contributed by atoms with Crippen LogP contribution in [0.15, 0.2) is 35.2 Å². The van der Waals surface area contributed by atoms with Gasteiger partial charge < -0.3 is 4.57 Å². The van der Waals surface area contributed by atoms with Crippen LogP contribution in [0, 0.1) is 0 Å². The third-order valence-corrected chi connectivity index (χ3v) is 3.31. The molecule has 0 radical (unpaired) electrons. The van der Waals surface area contributed by atoms with Gasteiger partial charge in [-0.2, -0.15) is 0 Å². The van der Waals surface area contributed by atoms with Crippen molar-refractivity contribution in [3.63, 3.8) is 0 Å². The zero-order chi connectivity index (χ0) is 12.4. The van der Waals surface area contributed by atoms with Crippen molar-refractivity contribution < 1.29 is 4.79 Å². The van der Waals surface area contributed by atoms with Gasteiger partial charge in [0.1, 0.15) is 5.69 Å². The monoisotopic (exact) mass is 312 g/mol. The Balaban J connectivity index is 2.22. The summed E-state index contributed by atoms with van der Waals surface area (Å²) in [6.45, 7) is 0. The summed E-state index contributed by atoms with van der Waals surface area (Å²) in [5.74, 6) is 0.00854. The maximum atomic E-state index is 12.0. The molecule has 1 aromatic heterocycles. The van der Waals surface area contributed by atoms with E-state index in [1.807, 2.05) is 12.1 Å². The summed E-state index contributed by atoms with van der Waals surface area (Å²) in [5, 5.41) is 0.592. The number of carbonyl (C=O) groups excluding carboxylic acids is 1. The van der Waals surface area contributed by atoms with E-state index in [0.717, 1.165) is 10.0 Å². The molecule has 5 heteroatoms. The van der Waals surface area contributed by atoms with Gasteiger partial charge >= 0.3 is 0 Å². The lowest BCUT2D eigenvalue weighted by molar-refractivity contribution is 0.0985. The number of carbonyl (C=O) groups is 1. The van der Waals surface area contributed by atoms with Crippen LogP contribution >= 0.6 is 27.5 Å². The van der Waals surface area contributed by atoms with Crippen LogP contribution in [0.1, 0.15) is 16.1 Å². The van der Waals surface area contributed by atoms with Crippen LogP contribution in [0.5, 0.6) is 0 Å². The minimum Gasteiger partial charge on any atom is -0.331 e. The van der Waals surface area contributed by atoms with Crippen molar-refractivity contribution >= 4 is 33.3 Å². The molecule has 0 atom stereocenters. The molecule has 1 aromatic carbocycles. The first kappa shape index (κ1) is 12.3. The van der Waals surface area contributed by atoms with Gasteiger partial charge in [-0.15, -0.1) is 0 Å². The highest BCUT2D eigenvalue weighted by Crippen LogP contribution is 2.22. The summed E-state index contributed by atoms with van der Waals surface area (Å²) in [7, 11) is 1.80. The molecule has 0 aliphatic carbocycles. The van der Waals surface area contributed by atoms with Crippen LogP contribution in [0.2, 0.25) is 5.02 Å². The number of nitrogens with zero attached hydrogens (tertiary/aromatic N) is 2. The smallest absolute Gasteiger partial charge is 0.185 e. The van der Waals surface area contributed by atoms with Gasteiger partial charge in [0.15, 0.2) is 5.78 Å². The standard InChI is InChI=1S/C12H10BrClN2O/c1-16-7-15-6-11(16)12(17)4-8-2-3-9(13)5-10(8)14/h2-3,5-7H,4H2,1H3. The lowest BCUT2D eigenvalue weighted by atomic mass is 10.1. The first-order valence-corrected chi connectivity index (χ1v) is 6.18. The fourth-order valence-electron chi connectivity index (χ4n) is 1.55. The number of hydrogen-bond acceptors (Lipinski definition) is 2. The van der Waals surface area contributed by atoms with Gasteiger partial charge in [-0.25, -0.2) is 4.98 Å². The molecule has 0 amide bonds. The second-order valence-corrected chi connectivity index (χ2v) is 5.05. The molecule has 2 rings (SSSR count). The molecule has 0 N–H and O–H groups in total. The SMILES string of the molecule is Cn1cncc1C(=O)Cc1ccc(Br)cc1Cl. The highest BCUT2D eigenvalue weighted by atomic mass is 79.9. The van der Waals surface area contributed by atoms with Gasteiger partial charge in [0.2, 0.25) is 0 Å². The molecule has 3 nitrogen and oxygen atoms in total. The summed E-state index contributed by atoms with van der Waals surface area (Å²) < 4.78 is 2.61. The zero-order valence-corrected chi connectivity index (χ0v) is 11.5. The zero-order valence-electron chi connectivity index (χ0n) is 9.15. The molecule has 0 spiro atoms. The van der Waals surface area contributed by atoms with Gasteiger partial charge in [0.25, 0.3) is 0 Å². The maximum absolute atomic E-state index is 12.0. The topological polar surface area (TPSA) is 34.9 Å². The molecule has 0 aliphatic rings. The van der Waals surface area contributed by atoms with Gasteiger partial charge in [0.05, 0.1) is 12.5 Å². The predicted octanol–water partition coefficient (Wildman–Crippen LogP) is 3.26. The van der Waals surface area contributed by atoms with Crippen molar-refractivity contribution in [2.24, 2.45) is 7.05 Å². The number of aromatic nitrogens is 2. The number of Topliss-reactive ketones (excluding diaryl/α,β-unsaturated/α-hetero) is 1. The van der Waals surface area contributed by atoms with Gasteiger partial charge in [-0.3, -0.25) is 4.79 Å². The van der Waals surface area contributed by atoms with E-state index in [9.17, 15) is 4.79 Å². The Hall–Kier alpha value is -1.13. The lowest BCUT2D eigenvalue weighted by Gasteiger charge is -2.04. The molecule has 0 bridgehead atoms. The molecule has 2 aromatic rings. The second-order valence-electron chi connectivity index (χ2n) is 3.73. The lowest BCUT2D eigenvalue weighted by Crippen LogP contribution is -2.08. The summed E-state index contributed by atoms with van der Waals surface area (Å²) in [6.07, 6.45) is 3.46. The summed E-state index contributed by atoms with van der Waals surface area (Å²) in [5.41, 5.74) is 1.41. The van der Waals surface area contributed by atoms with Crippen LogP contribution in [-0.4, -0.2) is 15.3 Å². The first-order valence-electron chi connectivity index (χ1n) is 5.01. The summed E-state index contributed by atoms with van der Waals surface area (Å²) in [6, 6.07) is 5.51. The van der Waals surface area contributed by atoms with Crippen molar-refractivity contribution in [3.8, 4) is 0 Å². The van der Waals surface area contributed by atoms with Crippen molar-refractivity contribution in [2.45, 2.75) is 6.42 Å². The van der Waals surface area contributed by atoms with E-state index in [2.05, 4.69) is 20.9 Å². The highest BCUT2D eigenvalue weighted by Gasteiger charge is 2.12. The predicted molar refractivity (Wildman–Crippen MR) is 70.4 cm³/mol. The van der Waals surface area contributed by atoms with Crippen LogP contribution in [0.4, 0.5) is 0 Å². The van der Waals surface area contributed by atoms with Crippen molar-refractivity contribution in [1.29, 1.82) is 0 Å². The number of hydrogen-bond donors (Lipinski definition) is 0. The van der Waals surface area contributed by atoms with Crippen LogP contribution < -0.4 is 0 Å². The minimum absolute atomic E-state index is 0.00854. The molecule has 0 saturated heterocycles. The molecule has 0 unspecified atom stereocenters. The maximum Gasteiger partial charge on any atom is 0.185 e. The Morgan fingerprint density at radius 3 is 2.88 bits per heavy atom. The fourth-order valence-corrected chi connectivity index (χ4v) is 2.29. The van der Waals surface area contributed by atoms with E-state index in [1.54, 1.807) is 30.2 Å². The van der Waals surface area contributed by atoms with Crippen LogP contribution in [-0.2, 0) is 13.5 Å². The molecular weight excluding hydrogens is 304 g/mol. The number of imidazole rings is 1. The Morgan fingerprint density at radius 1 is 1.53 bits per heavy atom. The Kier molecular flexibility index (Phi) is 3.64. The molecule has 0 saturated carbocycles. The van der Waals surface area contributed by atoms with Crippen molar-refractivity contribution in [3.05, 3.63) is 51.5 Å². The number of ketones is 1. The fraction of sp³-hybridized carbons (Fsp3) is 0.167. The van der Waals surface area contributed by atoms with Crippen molar-refractivity contribution in [1.82, 2.24) is 9.55 Å². The Bertz CT molecular complexity index is 565. The number of aryl methyl sites for hydroxylation is 1. The molecule has 1 heterocycles. The van der Waals surface area contributed by atoms with E-state index in [-0.39, 0.29) is 12.2 Å². The molecule has 0 aliphatic heterocycles. The molecule has 17 heavy (non-hydrogen) atoms. The van der Waals surface area contributed by atoms with E-state index >= 15 is 0 Å². The highest BCUT2D eigenvalue weighted by molar-refractivity contribution is 9.10. The first-order chi connectivity index (χ1) is 8.08. The van der Waals surface area contributed by atoms with Crippen LogP contribution in [0.3, 0.4) is 0 Å². The number of benzene rings is 1. The van der Waals surface area contributed by atoms with E-state index in [1.165, 1.54) is 0 Å². The Labute approximate surface area is 113 Å². The van der Waals surface area contributed by atoms with E-state index in [4.69, 9.17) is 11.6 Å². The van der Waals surface area contributed by atoms with E-state index in [0.29, 0.717) is 10.7 Å². The van der Waals surface area contributed by atoms with Gasteiger partial charge in [-0.1, -0.05) is 33.6 Å². The third kappa shape index (κ3) is 2.76. The quantitative estimate of drug-likeness (QED) is 0.815. The summed E-state index contributed by atoms with van der Waals surface area (Å²) in [4.78, 5) is 15.9. The van der Waals surface area contributed by atoms with Crippen molar-refractivity contribution in [2.75, 3.05) is 0 Å². The van der Waals surface area contributed by atoms with Gasteiger partial charge in [0, 0.05) is 23.0 Å². The van der Waals surface area contributed by atoms with Crippen LogP contribution in [0.25, 0.3) is 0 Å². The second kappa shape index (κ2) is 5.02. The molecule has 88 valence electrons. The average molecular weight is 314 g/mol.